The van der Waals surface area contributed by atoms with Crippen LogP contribution in [-0.2, 0) is 6.54 Å². The van der Waals surface area contributed by atoms with E-state index in [4.69, 9.17) is 14.8 Å². The van der Waals surface area contributed by atoms with Gasteiger partial charge in [-0.3, -0.25) is 0 Å². The van der Waals surface area contributed by atoms with Crippen LogP contribution in [0.25, 0.3) is 17.2 Å². The summed E-state index contributed by atoms with van der Waals surface area (Å²) in [5.74, 6) is 2.37. The molecule has 0 fully saturated rings. The lowest BCUT2D eigenvalue weighted by Gasteiger charge is -2.22. The van der Waals surface area contributed by atoms with Crippen LogP contribution in [0.4, 0.5) is 0 Å². The van der Waals surface area contributed by atoms with Crippen molar-refractivity contribution in [2.24, 2.45) is 0 Å². The quantitative estimate of drug-likeness (QED) is 0.443. The summed E-state index contributed by atoms with van der Waals surface area (Å²) in [6.07, 6.45) is 5.84. The van der Waals surface area contributed by atoms with E-state index < -0.39 is 0 Å². The number of aromatic nitrogens is 6. The third-order valence-electron chi connectivity index (χ3n) is 5.40. The minimum absolute atomic E-state index is 0.239. The lowest BCUT2D eigenvalue weighted by molar-refractivity contribution is 0.396. The van der Waals surface area contributed by atoms with Crippen molar-refractivity contribution in [2.45, 2.75) is 32.2 Å². The summed E-state index contributed by atoms with van der Waals surface area (Å²) in [4.78, 5) is 13.9. The molecule has 1 atom stereocenters. The molecule has 0 amide bonds. The number of halogens is 1. The Hall–Kier alpha value is -3.00. The van der Waals surface area contributed by atoms with Gasteiger partial charge in [0.15, 0.2) is 5.82 Å². The minimum Gasteiger partial charge on any atom is -0.479 e. The maximum absolute atomic E-state index is 5.55. The van der Waals surface area contributed by atoms with Gasteiger partial charge in [0.1, 0.15) is 17.2 Å². The van der Waals surface area contributed by atoms with Crippen LogP contribution in [-0.4, -0.2) is 36.4 Å². The average Bonchev–Trinajstić information content (AvgIpc) is 3.40. The monoisotopic (exact) mass is 464 g/mol. The van der Waals surface area contributed by atoms with E-state index in [1.165, 1.54) is 5.56 Å². The Morgan fingerprint density at radius 2 is 1.93 bits per heavy atom. The molecule has 0 bridgehead atoms. The van der Waals surface area contributed by atoms with Crippen LogP contribution in [0.2, 0.25) is 0 Å². The zero-order valence-electron chi connectivity index (χ0n) is 16.8. The van der Waals surface area contributed by atoms with Gasteiger partial charge >= 0.3 is 0 Å². The van der Waals surface area contributed by atoms with E-state index >= 15 is 0 Å². The maximum Gasteiger partial charge on any atom is 0.238 e. The van der Waals surface area contributed by atoms with Crippen LogP contribution in [0.15, 0.2) is 53.4 Å². The lowest BCUT2D eigenvalue weighted by atomic mass is 9.91. The van der Waals surface area contributed by atoms with Gasteiger partial charge in [0.05, 0.1) is 19.1 Å². The van der Waals surface area contributed by atoms with Crippen LogP contribution in [0.3, 0.4) is 0 Å². The molecular weight excluding hydrogens is 444 g/mol. The summed E-state index contributed by atoms with van der Waals surface area (Å²) >= 11 is 3.51. The molecule has 152 valence electrons. The van der Waals surface area contributed by atoms with Crippen molar-refractivity contribution in [3.8, 4) is 23.1 Å². The Labute approximate surface area is 182 Å². The number of fused-ring (bicyclic) bond motifs is 1. The summed E-state index contributed by atoms with van der Waals surface area (Å²) in [5, 5.41) is 4.76. The fourth-order valence-corrected chi connectivity index (χ4v) is 4.19. The Morgan fingerprint density at radius 3 is 2.67 bits per heavy atom. The minimum atomic E-state index is 0.239. The first kappa shape index (κ1) is 19.0. The van der Waals surface area contributed by atoms with E-state index in [2.05, 4.69) is 50.2 Å². The second kappa shape index (κ2) is 7.68. The standard InChI is InChI=1S/C22H21BrN6O/c1-14-12-28(13-24-14)19-10-9-18(25-22(19)30-2)20-26-21-17(4-3-11-29(21)27-20)15-5-7-16(23)8-6-15/h5-10,12-13,17H,3-4,11H2,1-2H3/t17-/m1/s1. The molecule has 0 N–H and O–H groups in total. The highest BCUT2D eigenvalue weighted by atomic mass is 79.9. The summed E-state index contributed by atoms with van der Waals surface area (Å²) < 4.78 is 10.5. The van der Waals surface area contributed by atoms with E-state index in [9.17, 15) is 0 Å². The van der Waals surface area contributed by atoms with Gasteiger partial charge in [-0.25, -0.2) is 19.6 Å². The third-order valence-corrected chi connectivity index (χ3v) is 5.93. The molecule has 0 aliphatic carbocycles. The second-order valence-corrected chi connectivity index (χ2v) is 8.33. The third kappa shape index (κ3) is 3.41. The summed E-state index contributed by atoms with van der Waals surface area (Å²) in [6, 6.07) is 12.4. The van der Waals surface area contributed by atoms with Gasteiger partial charge < -0.3 is 9.30 Å². The molecule has 5 rings (SSSR count). The molecular formula is C22H21BrN6O. The van der Waals surface area contributed by atoms with E-state index in [1.807, 2.05) is 34.5 Å². The summed E-state index contributed by atoms with van der Waals surface area (Å²) in [6.45, 7) is 2.82. The smallest absolute Gasteiger partial charge is 0.238 e. The molecule has 30 heavy (non-hydrogen) atoms. The topological polar surface area (TPSA) is 70.7 Å². The number of aryl methyl sites for hydroxylation is 2. The number of rotatable bonds is 4. The zero-order chi connectivity index (χ0) is 20.7. The molecule has 1 aliphatic heterocycles. The summed E-state index contributed by atoms with van der Waals surface area (Å²) in [7, 11) is 1.62. The number of nitrogens with zero attached hydrogens (tertiary/aromatic N) is 6. The van der Waals surface area contributed by atoms with Gasteiger partial charge in [-0.15, -0.1) is 5.10 Å². The van der Waals surface area contributed by atoms with E-state index in [1.54, 1.807) is 13.4 Å². The van der Waals surface area contributed by atoms with Gasteiger partial charge in [0.2, 0.25) is 5.88 Å². The van der Waals surface area contributed by atoms with Crippen LogP contribution in [0.1, 0.15) is 35.8 Å². The molecule has 0 radical (unpaired) electrons. The molecule has 0 saturated carbocycles. The molecule has 4 aromatic rings. The Balaban J connectivity index is 1.52. The number of hydrogen-bond acceptors (Lipinski definition) is 5. The van der Waals surface area contributed by atoms with E-state index in [-0.39, 0.29) is 5.92 Å². The zero-order valence-corrected chi connectivity index (χ0v) is 18.4. The van der Waals surface area contributed by atoms with Crippen molar-refractivity contribution in [1.82, 2.24) is 29.3 Å². The highest BCUT2D eigenvalue weighted by molar-refractivity contribution is 9.10. The normalized spacial score (nSPS) is 15.8. The molecule has 3 aromatic heterocycles. The molecule has 7 nitrogen and oxygen atoms in total. The van der Waals surface area contributed by atoms with Gasteiger partial charge in [-0.2, -0.15) is 0 Å². The van der Waals surface area contributed by atoms with E-state index in [0.717, 1.165) is 41.1 Å². The molecule has 0 spiro atoms. The highest BCUT2D eigenvalue weighted by Crippen LogP contribution is 2.34. The molecule has 0 unspecified atom stereocenters. The van der Waals surface area contributed by atoms with Crippen molar-refractivity contribution in [3.63, 3.8) is 0 Å². The van der Waals surface area contributed by atoms with Crippen molar-refractivity contribution in [2.75, 3.05) is 7.11 Å². The van der Waals surface area contributed by atoms with Crippen molar-refractivity contribution >= 4 is 15.9 Å². The number of pyridine rings is 1. The molecule has 4 heterocycles. The van der Waals surface area contributed by atoms with Gasteiger partial charge in [0.25, 0.3) is 0 Å². The molecule has 1 aromatic carbocycles. The fourth-order valence-electron chi connectivity index (χ4n) is 3.93. The largest absolute Gasteiger partial charge is 0.479 e. The summed E-state index contributed by atoms with van der Waals surface area (Å²) in [5.41, 5.74) is 3.72. The molecule has 0 saturated heterocycles. The Morgan fingerprint density at radius 1 is 1.10 bits per heavy atom. The van der Waals surface area contributed by atoms with Crippen LogP contribution >= 0.6 is 15.9 Å². The number of hydrogen-bond donors (Lipinski definition) is 0. The van der Waals surface area contributed by atoms with Gasteiger partial charge in [-0.05, 0) is 49.6 Å². The Kier molecular flexibility index (Phi) is 4.86. The van der Waals surface area contributed by atoms with Crippen LogP contribution < -0.4 is 4.74 Å². The van der Waals surface area contributed by atoms with Crippen molar-refractivity contribution in [3.05, 3.63) is 70.5 Å². The predicted molar refractivity (Wildman–Crippen MR) is 117 cm³/mol. The number of imidazole rings is 1. The maximum atomic E-state index is 5.55. The highest BCUT2D eigenvalue weighted by Gasteiger charge is 2.26. The Bertz CT molecular complexity index is 1200. The second-order valence-electron chi connectivity index (χ2n) is 7.41. The van der Waals surface area contributed by atoms with Gasteiger partial charge in [0, 0.05) is 23.1 Å². The van der Waals surface area contributed by atoms with Crippen molar-refractivity contribution < 1.29 is 4.74 Å². The SMILES string of the molecule is COc1nc(-c2nc3n(n2)CCC[C@@H]3c2ccc(Br)cc2)ccc1-n1cnc(C)c1. The average molecular weight is 465 g/mol. The predicted octanol–water partition coefficient (Wildman–Crippen LogP) is 4.53. The van der Waals surface area contributed by atoms with Crippen LogP contribution in [0.5, 0.6) is 5.88 Å². The van der Waals surface area contributed by atoms with Gasteiger partial charge in [-0.1, -0.05) is 28.1 Å². The number of benzene rings is 1. The lowest BCUT2D eigenvalue weighted by Crippen LogP contribution is -2.17. The van der Waals surface area contributed by atoms with Crippen molar-refractivity contribution in [1.29, 1.82) is 0 Å². The molecule has 8 heteroatoms. The first-order chi connectivity index (χ1) is 14.6. The number of methoxy groups -OCH3 is 1. The number of ether oxygens (including phenoxy) is 1. The van der Waals surface area contributed by atoms with E-state index in [0.29, 0.717) is 17.4 Å². The first-order valence-electron chi connectivity index (χ1n) is 9.89. The first-order valence-corrected chi connectivity index (χ1v) is 10.7. The molecule has 1 aliphatic rings. The van der Waals surface area contributed by atoms with Crippen LogP contribution in [0, 0.1) is 6.92 Å². The fraction of sp³-hybridized carbons (Fsp3) is 0.273.